The largest absolute Gasteiger partial charge is 0.265 e. The Bertz CT molecular complexity index is 944. The second-order valence-corrected chi connectivity index (χ2v) is 7.75. The molecular weight excluding hydrogens is 328 g/mol. The molecule has 4 rings (SSSR count). The van der Waals surface area contributed by atoms with E-state index in [-0.39, 0.29) is 0 Å². The summed E-state index contributed by atoms with van der Waals surface area (Å²) in [5.41, 5.74) is 2.12. The highest BCUT2D eigenvalue weighted by Gasteiger charge is 2.17. The average Bonchev–Trinajstić information content (AvgIpc) is 3.20. The Hall–Kier alpha value is -2.06. The molecule has 118 valence electrons. The van der Waals surface area contributed by atoms with Gasteiger partial charge in [0.05, 0.1) is 16.3 Å². The van der Waals surface area contributed by atoms with E-state index in [9.17, 15) is 0 Å². The van der Waals surface area contributed by atoms with E-state index in [1.807, 2.05) is 33.8 Å². The van der Waals surface area contributed by atoms with E-state index in [0.717, 1.165) is 38.5 Å². The maximum atomic E-state index is 4.71. The van der Waals surface area contributed by atoms with Crippen LogP contribution in [-0.4, -0.2) is 29.6 Å². The highest BCUT2D eigenvalue weighted by atomic mass is 32.1. The van der Waals surface area contributed by atoms with E-state index in [1.165, 1.54) is 11.3 Å². The summed E-state index contributed by atoms with van der Waals surface area (Å²) >= 11 is 3.18. The summed E-state index contributed by atoms with van der Waals surface area (Å²) in [6.45, 7) is 4.40. The van der Waals surface area contributed by atoms with E-state index >= 15 is 0 Å². The van der Waals surface area contributed by atoms with Crippen LogP contribution in [0.15, 0.2) is 23.6 Å². The molecule has 23 heavy (non-hydrogen) atoms. The maximum absolute atomic E-state index is 4.71. The van der Waals surface area contributed by atoms with Crippen LogP contribution in [0.5, 0.6) is 0 Å². The molecule has 0 fully saturated rings. The number of aryl methyl sites for hydroxylation is 1. The number of hydrogen-bond acceptors (Lipinski definition) is 6. The smallest absolute Gasteiger partial charge is 0.235 e. The fourth-order valence-electron chi connectivity index (χ4n) is 2.52. The molecule has 0 unspecified atom stereocenters. The topological polar surface area (TPSA) is 60.9 Å². The van der Waals surface area contributed by atoms with Gasteiger partial charge in [-0.3, -0.25) is 4.68 Å². The molecule has 6 nitrogen and oxygen atoms in total. The molecule has 0 aliphatic rings. The van der Waals surface area contributed by atoms with Gasteiger partial charge in [-0.2, -0.15) is 14.7 Å². The van der Waals surface area contributed by atoms with E-state index in [0.29, 0.717) is 5.92 Å². The zero-order chi connectivity index (χ0) is 16.0. The van der Waals surface area contributed by atoms with Crippen LogP contribution in [0, 0.1) is 5.92 Å². The number of hydrogen-bond donors (Lipinski definition) is 0. The summed E-state index contributed by atoms with van der Waals surface area (Å²) in [6.07, 6.45) is 0.971. The third-order valence-corrected chi connectivity index (χ3v) is 5.29. The minimum Gasteiger partial charge on any atom is -0.265 e. The first kappa shape index (κ1) is 14.5. The standard InChI is InChI=1S/C15H16N6S2/c1-9(2)7-10-8-11(20(3)18-10)14-19-21-13(12-5-4-6-22-12)16-17-15(21)23-14/h4-6,8-9H,7H2,1-3H3. The van der Waals surface area contributed by atoms with Gasteiger partial charge in [-0.1, -0.05) is 31.3 Å². The van der Waals surface area contributed by atoms with Crippen LogP contribution in [0.25, 0.3) is 26.4 Å². The van der Waals surface area contributed by atoms with Crippen molar-refractivity contribution in [3.63, 3.8) is 0 Å². The number of thiophene rings is 1. The summed E-state index contributed by atoms with van der Waals surface area (Å²) in [6, 6.07) is 6.16. The summed E-state index contributed by atoms with van der Waals surface area (Å²) in [5, 5.41) is 20.7. The molecule has 0 aliphatic heterocycles. The van der Waals surface area contributed by atoms with Crippen LogP contribution >= 0.6 is 22.7 Å². The minimum atomic E-state index is 0.584. The first-order valence-electron chi connectivity index (χ1n) is 7.41. The lowest BCUT2D eigenvalue weighted by molar-refractivity contribution is 0.621. The zero-order valence-electron chi connectivity index (χ0n) is 13.1. The Labute approximate surface area is 141 Å². The highest BCUT2D eigenvalue weighted by molar-refractivity contribution is 7.19. The maximum Gasteiger partial charge on any atom is 0.235 e. The summed E-state index contributed by atoms with van der Waals surface area (Å²) in [7, 11) is 1.96. The molecule has 4 aromatic heterocycles. The Morgan fingerprint density at radius 3 is 2.83 bits per heavy atom. The van der Waals surface area contributed by atoms with Gasteiger partial charge in [0.1, 0.15) is 0 Å². The predicted molar refractivity (Wildman–Crippen MR) is 92.7 cm³/mol. The van der Waals surface area contributed by atoms with E-state index in [2.05, 4.69) is 35.2 Å². The first-order chi connectivity index (χ1) is 11.1. The molecule has 0 spiro atoms. The summed E-state index contributed by atoms with van der Waals surface area (Å²) in [5.74, 6) is 1.38. The number of fused-ring (bicyclic) bond motifs is 1. The van der Waals surface area contributed by atoms with Crippen LogP contribution in [0.4, 0.5) is 0 Å². The van der Waals surface area contributed by atoms with Crippen molar-refractivity contribution < 1.29 is 0 Å². The minimum absolute atomic E-state index is 0.584. The quantitative estimate of drug-likeness (QED) is 0.568. The van der Waals surface area contributed by atoms with Crippen molar-refractivity contribution in [2.24, 2.45) is 13.0 Å². The van der Waals surface area contributed by atoms with Crippen molar-refractivity contribution in [2.75, 3.05) is 0 Å². The van der Waals surface area contributed by atoms with Crippen molar-refractivity contribution in [1.82, 2.24) is 29.6 Å². The Balaban J connectivity index is 1.77. The molecule has 0 aromatic carbocycles. The third kappa shape index (κ3) is 2.57. The van der Waals surface area contributed by atoms with E-state index in [4.69, 9.17) is 5.10 Å². The van der Waals surface area contributed by atoms with Crippen LogP contribution < -0.4 is 0 Å². The van der Waals surface area contributed by atoms with Crippen molar-refractivity contribution in [1.29, 1.82) is 0 Å². The lowest BCUT2D eigenvalue weighted by atomic mass is 10.1. The van der Waals surface area contributed by atoms with Gasteiger partial charge in [-0.05, 0) is 29.9 Å². The monoisotopic (exact) mass is 344 g/mol. The molecular formula is C15H16N6S2. The lowest BCUT2D eigenvalue weighted by Crippen LogP contribution is -1.97. The van der Waals surface area contributed by atoms with Crippen LogP contribution in [0.2, 0.25) is 0 Å². The zero-order valence-corrected chi connectivity index (χ0v) is 14.7. The fourth-order valence-corrected chi connectivity index (χ4v) is 4.10. The Kier molecular flexibility index (Phi) is 3.50. The Morgan fingerprint density at radius 1 is 1.22 bits per heavy atom. The second kappa shape index (κ2) is 5.54. The Morgan fingerprint density at radius 2 is 2.09 bits per heavy atom. The van der Waals surface area contributed by atoms with E-state index in [1.54, 1.807) is 11.3 Å². The first-order valence-corrected chi connectivity index (χ1v) is 9.11. The highest BCUT2D eigenvalue weighted by Crippen LogP contribution is 2.30. The fraction of sp³-hybridized carbons (Fsp3) is 0.333. The molecule has 0 amide bonds. The normalized spacial score (nSPS) is 11.8. The van der Waals surface area contributed by atoms with Crippen LogP contribution in [0.1, 0.15) is 19.5 Å². The van der Waals surface area contributed by atoms with Gasteiger partial charge in [-0.25, -0.2) is 0 Å². The van der Waals surface area contributed by atoms with Gasteiger partial charge < -0.3 is 0 Å². The third-order valence-electron chi connectivity index (χ3n) is 3.50. The van der Waals surface area contributed by atoms with Gasteiger partial charge in [0.2, 0.25) is 4.96 Å². The number of nitrogens with zero attached hydrogens (tertiary/aromatic N) is 6. The van der Waals surface area contributed by atoms with Crippen LogP contribution in [0.3, 0.4) is 0 Å². The molecule has 0 bridgehead atoms. The van der Waals surface area contributed by atoms with Crippen molar-refractivity contribution in [3.8, 4) is 21.4 Å². The SMILES string of the molecule is CC(C)Cc1cc(-c2nn3c(-c4cccs4)nnc3s2)n(C)n1. The predicted octanol–water partition coefficient (Wildman–Crippen LogP) is 3.51. The lowest BCUT2D eigenvalue weighted by Gasteiger charge is -1.98. The number of rotatable bonds is 4. The molecule has 0 atom stereocenters. The van der Waals surface area contributed by atoms with E-state index < -0.39 is 0 Å². The van der Waals surface area contributed by atoms with Gasteiger partial charge >= 0.3 is 0 Å². The van der Waals surface area contributed by atoms with Gasteiger partial charge in [0, 0.05) is 7.05 Å². The summed E-state index contributed by atoms with van der Waals surface area (Å²) in [4.78, 5) is 1.87. The van der Waals surface area contributed by atoms with Gasteiger partial charge in [0.25, 0.3) is 0 Å². The molecule has 0 aliphatic carbocycles. The average molecular weight is 344 g/mol. The molecule has 4 aromatic rings. The second-order valence-electron chi connectivity index (χ2n) is 5.84. The molecule has 0 saturated heterocycles. The molecule has 4 heterocycles. The van der Waals surface area contributed by atoms with Gasteiger partial charge in [0.15, 0.2) is 10.8 Å². The molecule has 8 heteroatoms. The van der Waals surface area contributed by atoms with Crippen molar-refractivity contribution in [2.45, 2.75) is 20.3 Å². The van der Waals surface area contributed by atoms with Crippen LogP contribution in [-0.2, 0) is 13.5 Å². The molecule has 0 N–H and O–H groups in total. The van der Waals surface area contributed by atoms with Gasteiger partial charge in [-0.15, -0.1) is 21.5 Å². The van der Waals surface area contributed by atoms with Crippen molar-refractivity contribution in [3.05, 3.63) is 29.3 Å². The molecule has 0 saturated carbocycles. The van der Waals surface area contributed by atoms with Crippen molar-refractivity contribution >= 4 is 27.6 Å². The summed E-state index contributed by atoms with van der Waals surface area (Å²) < 4.78 is 3.72. The number of aromatic nitrogens is 6. The molecule has 0 radical (unpaired) electrons.